The van der Waals surface area contributed by atoms with Crippen LogP contribution in [0.25, 0.3) is 0 Å². The fourth-order valence-electron chi connectivity index (χ4n) is 2.44. The van der Waals surface area contributed by atoms with E-state index in [0.717, 1.165) is 32.7 Å². The normalized spacial score (nSPS) is 14.5. The van der Waals surface area contributed by atoms with Crippen LogP contribution in [0.5, 0.6) is 5.75 Å². The zero-order valence-electron chi connectivity index (χ0n) is 13.6. The highest BCUT2D eigenvalue weighted by Gasteiger charge is 2.18. The van der Waals surface area contributed by atoms with Crippen LogP contribution >= 0.6 is 12.4 Å². The number of piperazine rings is 1. The second-order valence-electron chi connectivity index (χ2n) is 5.22. The Kier molecular flexibility index (Phi) is 8.45. The van der Waals surface area contributed by atoms with Crippen molar-refractivity contribution in [2.75, 3.05) is 45.9 Å². The summed E-state index contributed by atoms with van der Waals surface area (Å²) in [4.78, 5) is 24.9. The van der Waals surface area contributed by atoms with Crippen LogP contribution in [0.4, 0.5) is 5.69 Å². The number of ether oxygens (including phenoxy) is 1. The Balaban J connectivity index is 0.00000288. The number of halogens is 1. The maximum absolute atomic E-state index is 12.1. The Morgan fingerprint density at radius 1 is 1.42 bits per heavy atom. The first-order valence-electron chi connectivity index (χ1n) is 7.74. The molecule has 0 unspecified atom stereocenters. The van der Waals surface area contributed by atoms with Gasteiger partial charge in [-0.05, 0) is 19.1 Å². The van der Waals surface area contributed by atoms with E-state index < -0.39 is 4.92 Å². The standard InChI is InChI=1S/C15H22N4O4.ClH/c1-2-23-14-4-3-12(11-13(14)19(21)22)15(20)17-7-10-18-8-5-16-6-9-18;/h3-4,11,16H,2,5-10H2,1H3,(H,17,20);1H. The summed E-state index contributed by atoms with van der Waals surface area (Å²) in [6, 6.07) is 4.26. The molecule has 2 N–H and O–H groups in total. The number of nitro benzene ring substituents is 1. The third kappa shape index (κ3) is 5.63. The molecular weight excluding hydrogens is 336 g/mol. The van der Waals surface area contributed by atoms with Crippen molar-refractivity contribution in [1.82, 2.24) is 15.5 Å². The topological polar surface area (TPSA) is 96.7 Å². The van der Waals surface area contributed by atoms with Crippen LogP contribution in [0.3, 0.4) is 0 Å². The van der Waals surface area contributed by atoms with E-state index in [1.807, 2.05) is 0 Å². The second-order valence-corrected chi connectivity index (χ2v) is 5.22. The number of benzene rings is 1. The first kappa shape index (κ1) is 20.1. The Morgan fingerprint density at radius 2 is 2.12 bits per heavy atom. The Labute approximate surface area is 147 Å². The summed E-state index contributed by atoms with van der Waals surface area (Å²) < 4.78 is 5.21. The van der Waals surface area contributed by atoms with Gasteiger partial charge in [-0.25, -0.2) is 0 Å². The number of nitrogens with one attached hydrogen (secondary N) is 2. The van der Waals surface area contributed by atoms with E-state index in [-0.39, 0.29) is 35.3 Å². The fraction of sp³-hybridized carbons (Fsp3) is 0.533. The van der Waals surface area contributed by atoms with E-state index in [0.29, 0.717) is 13.2 Å². The lowest BCUT2D eigenvalue weighted by Gasteiger charge is -2.27. The zero-order chi connectivity index (χ0) is 16.7. The molecule has 1 aromatic carbocycles. The number of rotatable bonds is 7. The van der Waals surface area contributed by atoms with Crippen LogP contribution in [-0.4, -0.2) is 61.6 Å². The van der Waals surface area contributed by atoms with Gasteiger partial charge in [0.2, 0.25) is 0 Å². The third-order valence-corrected chi connectivity index (χ3v) is 3.64. The molecule has 2 rings (SSSR count). The number of carbonyl (C=O) groups excluding carboxylic acids is 1. The summed E-state index contributed by atoms with van der Waals surface area (Å²) in [6.45, 7) is 7.21. The van der Waals surface area contributed by atoms with Crippen molar-refractivity contribution in [1.29, 1.82) is 0 Å². The van der Waals surface area contributed by atoms with Gasteiger partial charge in [-0.1, -0.05) is 0 Å². The average Bonchev–Trinajstić information content (AvgIpc) is 2.56. The summed E-state index contributed by atoms with van der Waals surface area (Å²) in [7, 11) is 0. The number of carbonyl (C=O) groups is 1. The highest BCUT2D eigenvalue weighted by Crippen LogP contribution is 2.27. The minimum absolute atomic E-state index is 0. The largest absolute Gasteiger partial charge is 0.487 e. The molecule has 1 aromatic rings. The molecule has 1 heterocycles. The number of hydrogen-bond donors (Lipinski definition) is 2. The van der Waals surface area contributed by atoms with Gasteiger partial charge in [-0.15, -0.1) is 12.4 Å². The predicted molar refractivity (Wildman–Crippen MR) is 93.2 cm³/mol. The number of amides is 1. The van der Waals surface area contributed by atoms with E-state index in [1.54, 1.807) is 6.92 Å². The highest BCUT2D eigenvalue weighted by atomic mass is 35.5. The van der Waals surface area contributed by atoms with Gasteiger partial charge < -0.3 is 15.4 Å². The second kappa shape index (κ2) is 10.1. The van der Waals surface area contributed by atoms with Gasteiger partial charge in [-0.2, -0.15) is 0 Å². The summed E-state index contributed by atoms with van der Waals surface area (Å²) in [5.74, 6) is -0.138. The van der Waals surface area contributed by atoms with Crippen molar-refractivity contribution in [3.8, 4) is 5.75 Å². The van der Waals surface area contributed by atoms with Crippen molar-refractivity contribution in [2.45, 2.75) is 6.92 Å². The smallest absolute Gasteiger partial charge is 0.311 e. The summed E-state index contributed by atoms with van der Waals surface area (Å²) in [5, 5.41) is 17.1. The molecule has 1 amide bonds. The lowest BCUT2D eigenvalue weighted by molar-refractivity contribution is -0.385. The van der Waals surface area contributed by atoms with E-state index in [4.69, 9.17) is 4.74 Å². The van der Waals surface area contributed by atoms with Crippen molar-refractivity contribution < 1.29 is 14.5 Å². The molecule has 0 atom stereocenters. The first-order chi connectivity index (χ1) is 11.1. The Morgan fingerprint density at radius 3 is 2.75 bits per heavy atom. The molecule has 1 saturated heterocycles. The van der Waals surface area contributed by atoms with Crippen molar-refractivity contribution in [2.24, 2.45) is 0 Å². The van der Waals surface area contributed by atoms with Crippen LogP contribution in [-0.2, 0) is 0 Å². The zero-order valence-corrected chi connectivity index (χ0v) is 14.4. The van der Waals surface area contributed by atoms with Crippen LogP contribution in [0.2, 0.25) is 0 Å². The van der Waals surface area contributed by atoms with Crippen LogP contribution in [0, 0.1) is 10.1 Å². The minimum atomic E-state index is -0.539. The van der Waals surface area contributed by atoms with Gasteiger partial charge in [0.1, 0.15) is 0 Å². The monoisotopic (exact) mass is 358 g/mol. The molecule has 0 spiro atoms. The number of nitro groups is 1. The molecule has 0 saturated carbocycles. The predicted octanol–water partition coefficient (Wildman–Crippen LogP) is 1.05. The van der Waals surface area contributed by atoms with Crippen molar-refractivity contribution >= 4 is 24.0 Å². The molecule has 8 nitrogen and oxygen atoms in total. The summed E-state index contributed by atoms with van der Waals surface area (Å²) in [5.41, 5.74) is 0.0714. The molecule has 0 aromatic heterocycles. The van der Waals surface area contributed by atoms with Crippen molar-refractivity contribution in [3.63, 3.8) is 0 Å². The maximum atomic E-state index is 12.1. The minimum Gasteiger partial charge on any atom is -0.487 e. The Hall–Kier alpha value is -1.90. The molecule has 0 bridgehead atoms. The highest BCUT2D eigenvalue weighted by molar-refractivity contribution is 5.95. The van der Waals surface area contributed by atoms with Gasteiger partial charge in [-0.3, -0.25) is 19.8 Å². The summed E-state index contributed by atoms with van der Waals surface area (Å²) >= 11 is 0. The number of hydrogen-bond acceptors (Lipinski definition) is 6. The average molecular weight is 359 g/mol. The molecule has 1 aliphatic rings. The summed E-state index contributed by atoms with van der Waals surface area (Å²) in [6.07, 6.45) is 0. The maximum Gasteiger partial charge on any atom is 0.311 e. The molecule has 0 aliphatic carbocycles. The van der Waals surface area contributed by atoms with E-state index in [2.05, 4.69) is 15.5 Å². The molecule has 1 aliphatic heterocycles. The molecule has 134 valence electrons. The van der Waals surface area contributed by atoms with Gasteiger partial charge in [0.15, 0.2) is 5.75 Å². The van der Waals surface area contributed by atoms with Gasteiger partial charge in [0.05, 0.1) is 11.5 Å². The molecule has 9 heteroatoms. The van der Waals surface area contributed by atoms with E-state index in [1.165, 1.54) is 18.2 Å². The van der Waals surface area contributed by atoms with Crippen LogP contribution in [0.15, 0.2) is 18.2 Å². The SMILES string of the molecule is CCOc1ccc(C(=O)NCCN2CCNCC2)cc1[N+](=O)[O-].Cl. The fourth-order valence-corrected chi connectivity index (χ4v) is 2.44. The van der Waals surface area contributed by atoms with Gasteiger partial charge in [0.25, 0.3) is 5.91 Å². The Bertz CT molecular complexity index is 564. The van der Waals surface area contributed by atoms with Gasteiger partial charge in [0, 0.05) is 50.9 Å². The molecule has 24 heavy (non-hydrogen) atoms. The molecular formula is C15H23ClN4O4. The van der Waals surface area contributed by atoms with Crippen LogP contribution in [0.1, 0.15) is 17.3 Å². The van der Waals surface area contributed by atoms with Crippen molar-refractivity contribution in [3.05, 3.63) is 33.9 Å². The van der Waals surface area contributed by atoms with Gasteiger partial charge >= 0.3 is 5.69 Å². The van der Waals surface area contributed by atoms with Crippen LogP contribution < -0.4 is 15.4 Å². The lowest BCUT2D eigenvalue weighted by atomic mass is 10.1. The quantitative estimate of drug-likeness (QED) is 0.558. The lowest BCUT2D eigenvalue weighted by Crippen LogP contribution is -2.46. The third-order valence-electron chi connectivity index (χ3n) is 3.64. The van der Waals surface area contributed by atoms with E-state index in [9.17, 15) is 14.9 Å². The van der Waals surface area contributed by atoms with E-state index >= 15 is 0 Å². The number of nitrogens with zero attached hydrogens (tertiary/aromatic N) is 2. The molecule has 1 fully saturated rings. The molecule has 0 radical (unpaired) electrons. The first-order valence-corrected chi connectivity index (χ1v) is 7.74.